The van der Waals surface area contributed by atoms with Crippen molar-refractivity contribution in [2.24, 2.45) is 5.73 Å². The molecule has 0 aliphatic carbocycles. The average molecular weight is 531 g/mol. The summed E-state index contributed by atoms with van der Waals surface area (Å²) in [5.41, 5.74) is 7.34. The van der Waals surface area contributed by atoms with Gasteiger partial charge in [-0.05, 0) is 50.2 Å². The molecule has 36 heavy (non-hydrogen) atoms. The van der Waals surface area contributed by atoms with Crippen molar-refractivity contribution in [2.75, 3.05) is 30.0 Å². The van der Waals surface area contributed by atoms with Crippen LogP contribution in [-0.2, 0) is 4.74 Å². The molecule has 1 saturated heterocycles. The Morgan fingerprint density at radius 1 is 1.17 bits per heavy atom. The standard InChI is InChI=1S/C26H25Cl2FN4O3/c1-14-13-36-15(2)12-33(14)22-10-17(18-9-16(24(30)34)7-8-19(18)27)11-31-25(22)32(3)26(35)23-20(28)5-4-6-21(23)29/h4-11,14-15H,12-13H2,1-3H3,(H2,30,34)/t14-,15-/m0/s1. The third kappa shape index (κ3) is 5.02. The van der Waals surface area contributed by atoms with E-state index in [1.165, 1.54) is 30.1 Å². The fourth-order valence-corrected chi connectivity index (χ4v) is 4.64. The number of ether oxygens (including phenoxy) is 1. The monoisotopic (exact) mass is 530 g/mol. The van der Waals surface area contributed by atoms with Gasteiger partial charge in [-0.1, -0.05) is 29.3 Å². The molecule has 0 unspecified atom stereocenters. The molecule has 2 heterocycles. The highest BCUT2D eigenvalue weighted by Crippen LogP contribution is 2.37. The van der Waals surface area contributed by atoms with E-state index >= 15 is 0 Å². The van der Waals surface area contributed by atoms with E-state index in [1.807, 2.05) is 19.9 Å². The van der Waals surface area contributed by atoms with Gasteiger partial charge in [-0.15, -0.1) is 0 Å². The minimum absolute atomic E-state index is 0.00781. The largest absolute Gasteiger partial charge is 0.375 e. The summed E-state index contributed by atoms with van der Waals surface area (Å²) in [6, 6.07) is 10.6. The van der Waals surface area contributed by atoms with Gasteiger partial charge in [0.05, 0.1) is 29.0 Å². The second kappa shape index (κ2) is 10.4. The van der Waals surface area contributed by atoms with Crippen LogP contribution in [0.2, 0.25) is 10.0 Å². The summed E-state index contributed by atoms with van der Waals surface area (Å²) in [6.45, 7) is 4.96. The number of amides is 2. The highest BCUT2D eigenvalue weighted by molar-refractivity contribution is 6.34. The first-order valence-corrected chi connectivity index (χ1v) is 12.0. The van der Waals surface area contributed by atoms with Gasteiger partial charge in [0.25, 0.3) is 5.91 Å². The van der Waals surface area contributed by atoms with Crippen LogP contribution in [0, 0.1) is 5.82 Å². The van der Waals surface area contributed by atoms with Crippen molar-refractivity contribution >= 4 is 46.5 Å². The number of pyridine rings is 1. The summed E-state index contributed by atoms with van der Waals surface area (Å²) in [6.07, 6.45) is 1.48. The lowest BCUT2D eigenvalue weighted by atomic mass is 10.0. The maximum absolute atomic E-state index is 14.5. The molecule has 2 aromatic carbocycles. The first-order chi connectivity index (χ1) is 17.1. The van der Waals surface area contributed by atoms with Gasteiger partial charge in [-0.2, -0.15) is 0 Å². The van der Waals surface area contributed by atoms with Gasteiger partial charge in [0.1, 0.15) is 5.82 Å². The summed E-state index contributed by atoms with van der Waals surface area (Å²) < 4.78 is 20.3. The lowest BCUT2D eigenvalue weighted by molar-refractivity contribution is 0.0344. The van der Waals surface area contributed by atoms with Crippen molar-refractivity contribution < 1.29 is 18.7 Å². The number of primary amides is 1. The molecule has 0 radical (unpaired) electrons. The number of benzene rings is 2. The number of rotatable bonds is 5. The third-order valence-electron chi connectivity index (χ3n) is 6.13. The number of carbonyl (C=O) groups is 2. The summed E-state index contributed by atoms with van der Waals surface area (Å²) in [5.74, 6) is -1.63. The minimum atomic E-state index is -0.721. The second-order valence-corrected chi connectivity index (χ2v) is 9.55. The summed E-state index contributed by atoms with van der Waals surface area (Å²) in [4.78, 5) is 33.0. The lowest BCUT2D eigenvalue weighted by Crippen LogP contribution is -2.48. The van der Waals surface area contributed by atoms with Crippen molar-refractivity contribution in [1.82, 2.24) is 4.98 Å². The van der Waals surface area contributed by atoms with Crippen molar-refractivity contribution in [3.05, 3.63) is 75.7 Å². The topological polar surface area (TPSA) is 88.8 Å². The molecule has 2 amide bonds. The molecule has 188 valence electrons. The molecule has 1 fully saturated rings. The Bertz CT molecular complexity index is 1320. The van der Waals surface area contributed by atoms with E-state index in [1.54, 1.807) is 24.4 Å². The lowest BCUT2D eigenvalue weighted by Gasteiger charge is -2.40. The highest BCUT2D eigenvalue weighted by Gasteiger charge is 2.30. The van der Waals surface area contributed by atoms with Crippen LogP contribution >= 0.6 is 23.2 Å². The minimum Gasteiger partial charge on any atom is -0.375 e. The van der Waals surface area contributed by atoms with E-state index < -0.39 is 17.6 Å². The fraction of sp³-hybridized carbons (Fsp3) is 0.269. The van der Waals surface area contributed by atoms with Crippen LogP contribution in [0.15, 0.2) is 48.7 Å². The van der Waals surface area contributed by atoms with Gasteiger partial charge in [0.2, 0.25) is 5.91 Å². The zero-order valence-electron chi connectivity index (χ0n) is 20.0. The van der Waals surface area contributed by atoms with Crippen LogP contribution in [0.4, 0.5) is 15.9 Å². The predicted octanol–water partition coefficient (Wildman–Crippen LogP) is 5.18. The molecule has 0 saturated carbocycles. The van der Waals surface area contributed by atoms with Crippen LogP contribution in [0.5, 0.6) is 0 Å². The summed E-state index contributed by atoms with van der Waals surface area (Å²) in [5, 5.41) is 0.417. The SMILES string of the molecule is C[C@H]1CN(c2cc(-c3cc(C(N)=O)ccc3Cl)cnc2N(C)C(=O)c2c(F)cccc2Cl)[C@@H](C)CO1. The van der Waals surface area contributed by atoms with E-state index in [2.05, 4.69) is 9.88 Å². The van der Waals surface area contributed by atoms with Crippen LogP contribution in [-0.4, -0.2) is 49.1 Å². The number of anilines is 2. The Labute approximate surface area is 218 Å². The van der Waals surface area contributed by atoms with E-state index in [-0.39, 0.29) is 22.7 Å². The molecule has 2 atom stereocenters. The summed E-state index contributed by atoms with van der Waals surface area (Å²) in [7, 11) is 1.52. The van der Waals surface area contributed by atoms with Crippen LogP contribution in [0.1, 0.15) is 34.6 Å². The molecule has 10 heteroatoms. The normalized spacial score (nSPS) is 17.7. The van der Waals surface area contributed by atoms with Crippen molar-refractivity contribution in [1.29, 1.82) is 0 Å². The molecule has 1 aliphatic rings. The third-order valence-corrected chi connectivity index (χ3v) is 6.77. The van der Waals surface area contributed by atoms with E-state index in [0.717, 1.165) is 0 Å². The molecule has 0 spiro atoms. The molecule has 1 aromatic heterocycles. The summed E-state index contributed by atoms with van der Waals surface area (Å²) >= 11 is 12.6. The number of hydrogen-bond acceptors (Lipinski definition) is 5. The molecular formula is C26H25Cl2FN4O3. The Morgan fingerprint density at radius 2 is 1.92 bits per heavy atom. The Morgan fingerprint density at radius 3 is 2.61 bits per heavy atom. The first-order valence-electron chi connectivity index (χ1n) is 11.3. The van der Waals surface area contributed by atoms with Gasteiger partial charge in [-0.25, -0.2) is 9.37 Å². The fourth-order valence-electron chi connectivity index (χ4n) is 4.17. The second-order valence-electron chi connectivity index (χ2n) is 8.73. The van der Waals surface area contributed by atoms with Crippen molar-refractivity contribution in [3.8, 4) is 11.1 Å². The number of morpholine rings is 1. The van der Waals surface area contributed by atoms with Gasteiger partial charge >= 0.3 is 0 Å². The molecular weight excluding hydrogens is 506 g/mol. The smallest absolute Gasteiger partial charge is 0.263 e. The molecule has 3 aromatic rings. The molecule has 7 nitrogen and oxygen atoms in total. The van der Waals surface area contributed by atoms with E-state index in [4.69, 9.17) is 33.7 Å². The Hall–Kier alpha value is -3.20. The zero-order chi connectivity index (χ0) is 26.1. The Kier molecular flexibility index (Phi) is 7.49. The number of nitrogens with two attached hydrogens (primary N) is 1. The number of halogens is 3. The van der Waals surface area contributed by atoms with Crippen LogP contribution < -0.4 is 15.5 Å². The average Bonchev–Trinajstić information content (AvgIpc) is 2.84. The van der Waals surface area contributed by atoms with Crippen LogP contribution in [0.3, 0.4) is 0 Å². The van der Waals surface area contributed by atoms with E-state index in [9.17, 15) is 14.0 Å². The Balaban J connectivity index is 1.86. The molecule has 2 N–H and O–H groups in total. The maximum atomic E-state index is 14.5. The molecule has 4 rings (SSSR count). The predicted molar refractivity (Wildman–Crippen MR) is 140 cm³/mol. The number of nitrogens with zero attached hydrogens (tertiary/aromatic N) is 3. The quantitative estimate of drug-likeness (QED) is 0.490. The van der Waals surface area contributed by atoms with Crippen LogP contribution in [0.25, 0.3) is 11.1 Å². The molecule has 0 bridgehead atoms. The number of aromatic nitrogens is 1. The van der Waals surface area contributed by atoms with Crippen molar-refractivity contribution in [2.45, 2.75) is 26.0 Å². The van der Waals surface area contributed by atoms with Gasteiger partial charge in [0, 0.05) is 47.5 Å². The van der Waals surface area contributed by atoms with Gasteiger partial charge in [0.15, 0.2) is 5.82 Å². The number of carbonyl (C=O) groups excluding carboxylic acids is 2. The maximum Gasteiger partial charge on any atom is 0.263 e. The van der Waals surface area contributed by atoms with Crippen molar-refractivity contribution in [3.63, 3.8) is 0 Å². The van der Waals surface area contributed by atoms with Gasteiger partial charge < -0.3 is 15.4 Å². The van der Waals surface area contributed by atoms with Gasteiger partial charge in [-0.3, -0.25) is 14.5 Å². The first kappa shape index (κ1) is 25.9. The van der Waals surface area contributed by atoms with E-state index in [0.29, 0.717) is 46.4 Å². The number of hydrogen-bond donors (Lipinski definition) is 1. The molecule has 1 aliphatic heterocycles. The zero-order valence-corrected chi connectivity index (χ0v) is 21.5. The highest BCUT2D eigenvalue weighted by atomic mass is 35.5.